The van der Waals surface area contributed by atoms with Crippen molar-refractivity contribution in [2.24, 2.45) is 0 Å². The molecule has 19 heavy (non-hydrogen) atoms. The van der Waals surface area contributed by atoms with Gasteiger partial charge >= 0.3 is 0 Å². The van der Waals surface area contributed by atoms with Crippen LogP contribution in [0.15, 0.2) is 48.5 Å². The lowest BCUT2D eigenvalue weighted by Gasteiger charge is -2.27. The Hall–Kier alpha value is -1.34. The highest BCUT2D eigenvalue weighted by molar-refractivity contribution is 6.86. The highest BCUT2D eigenvalue weighted by Gasteiger charge is 2.25. The zero-order chi connectivity index (χ0) is 13.2. The largest absolute Gasteiger partial charge is 0.122 e. The van der Waals surface area contributed by atoms with Crippen molar-refractivity contribution in [1.29, 1.82) is 0 Å². The minimum absolute atomic E-state index is 0.557. The third kappa shape index (κ3) is 2.39. The van der Waals surface area contributed by atoms with Crippen LogP contribution in [0.2, 0.25) is 6.04 Å². The quantitative estimate of drug-likeness (QED) is 0.730. The van der Waals surface area contributed by atoms with E-state index in [0.717, 1.165) is 0 Å². The van der Waals surface area contributed by atoms with E-state index in [-0.39, 0.29) is 0 Å². The van der Waals surface area contributed by atoms with Gasteiger partial charge in [-0.15, -0.1) is 0 Å². The van der Waals surface area contributed by atoms with Gasteiger partial charge < -0.3 is 0 Å². The molecule has 1 aliphatic heterocycles. The van der Waals surface area contributed by atoms with Gasteiger partial charge in [-0.25, -0.2) is 0 Å². The molecule has 97 valence electrons. The van der Waals surface area contributed by atoms with E-state index < -0.39 is 8.80 Å². The smallest absolute Gasteiger partial charge is 0.0626 e. The van der Waals surface area contributed by atoms with E-state index in [0.29, 0.717) is 5.92 Å². The van der Waals surface area contributed by atoms with Crippen LogP contribution in [-0.4, -0.2) is 8.80 Å². The van der Waals surface area contributed by atoms with E-state index in [1.807, 2.05) is 0 Å². The summed E-state index contributed by atoms with van der Waals surface area (Å²) < 4.78 is 0. The minimum Gasteiger partial charge on any atom is -0.0626 e. The second-order valence-corrected chi connectivity index (χ2v) is 8.27. The molecular weight excluding hydrogens is 244 g/mol. The Morgan fingerprint density at radius 1 is 0.895 bits per heavy atom. The Bertz CT molecular complexity index is 571. The van der Waals surface area contributed by atoms with E-state index >= 15 is 0 Å². The average molecular weight is 265 g/mol. The predicted molar refractivity (Wildman–Crippen MR) is 85.1 cm³/mol. The van der Waals surface area contributed by atoms with Crippen molar-refractivity contribution < 1.29 is 0 Å². The molecule has 1 aliphatic rings. The number of benzene rings is 2. The van der Waals surface area contributed by atoms with Crippen molar-refractivity contribution in [2.45, 2.75) is 38.7 Å². The topological polar surface area (TPSA) is 0 Å². The number of hydrogen-bond donors (Lipinski definition) is 0. The first-order valence-electron chi connectivity index (χ1n) is 7.31. The van der Waals surface area contributed by atoms with Gasteiger partial charge in [0.15, 0.2) is 0 Å². The first-order chi connectivity index (χ1) is 9.27. The van der Waals surface area contributed by atoms with Gasteiger partial charge in [-0.05, 0) is 23.5 Å². The maximum absolute atomic E-state index is 2.38. The van der Waals surface area contributed by atoms with Crippen molar-refractivity contribution in [2.75, 3.05) is 0 Å². The molecule has 0 fully saturated rings. The fraction of sp³-hybridized carbons (Fsp3) is 0.333. The Morgan fingerprint density at radius 3 is 2.37 bits per heavy atom. The van der Waals surface area contributed by atoms with Gasteiger partial charge in [-0.2, -0.15) is 0 Å². The maximum Gasteiger partial charge on any atom is 0.122 e. The zero-order valence-electron chi connectivity index (χ0n) is 11.8. The summed E-state index contributed by atoms with van der Waals surface area (Å²) in [5.74, 6) is 0.628. The van der Waals surface area contributed by atoms with Crippen molar-refractivity contribution >= 4 is 19.2 Å². The molecule has 0 spiro atoms. The summed E-state index contributed by atoms with van der Waals surface area (Å²) in [4.78, 5) is 0. The molecule has 0 N–H and O–H groups in total. The summed E-state index contributed by atoms with van der Waals surface area (Å²) in [5, 5.41) is 3.31. The van der Waals surface area contributed by atoms with Crippen LogP contribution >= 0.6 is 0 Å². The van der Waals surface area contributed by atoms with Crippen LogP contribution in [-0.2, 0) is 6.42 Å². The Morgan fingerprint density at radius 2 is 1.58 bits per heavy atom. The van der Waals surface area contributed by atoms with Gasteiger partial charge in [0.1, 0.15) is 8.80 Å². The van der Waals surface area contributed by atoms with E-state index in [1.165, 1.54) is 18.9 Å². The molecule has 0 bridgehead atoms. The Kier molecular flexibility index (Phi) is 3.56. The molecule has 0 amide bonds. The fourth-order valence-corrected chi connectivity index (χ4v) is 6.45. The minimum atomic E-state index is -0.557. The van der Waals surface area contributed by atoms with Gasteiger partial charge in [-0.1, -0.05) is 85.2 Å². The highest BCUT2D eigenvalue weighted by Crippen LogP contribution is 2.18. The number of aryl methyl sites for hydroxylation is 1. The molecule has 0 unspecified atom stereocenters. The molecule has 1 heterocycles. The second-order valence-electron chi connectivity index (χ2n) is 5.73. The van der Waals surface area contributed by atoms with Gasteiger partial charge in [-0.3, -0.25) is 0 Å². The first kappa shape index (κ1) is 12.7. The molecule has 0 nitrogen and oxygen atoms in total. The van der Waals surface area contributed by atoms with Gasteiger partial charge in [0, 0.05) is 0 Å². The summed E-state index contributed by atoms with van der Waals surface area (Å²) in [5.41, 5.74) is 3.16. The van der Waals surface area contributed by atoms with Crippen LogP contribution in [0, 0.1) is 0 Å². The average Bonchev–Trinajstić information content (AvgIpc) is 2.46. The highest BCUT2D eigenvalue weighted by atomic mass is 28.3. The number of fused-ring (bicyclic) bond motifs is 1. The summed E-state index contributed by atoms with van der Waals surface area (Å²) in [6.45, 7) is 4.63. The summed E-state index contributed by atoms with van der Waals surface area (Å²) >= 11 is 0. The van der Waals surface area contributed by atoms with Crippen molar-refractivity contribution in [1.82, 2.24) is 0 Å². The lowest BCUT2D eigenvalue weighted by Crippen LogP contribution is -2.47. The molecule has 0 aliphatic carbocycles. The Labute approximate surface area is 118 Å². The van der Waals surface area contributed by atoms with Crippen LogP contribution in [0.3, 0.4) is 0 Å². The molecule has 0 saturated heterocycles. The van der Waals surface area contributed by atoms with Crippen LogP contribution in [0.25, 0.3) is 0 Å². The van der Waals surface area contributed by atoms with Crippen LogP contribution in [0.4, 0.5) is 0 Å². The number of hydrogen-bond acceptors (Lipinski definition) is 0. The molecule has 1 heteroatoms. The van der Waals surface area contributed by atoms with Crippen LogP contribution in [0.5, 0.6) is 0 Å². The van der Waals surface area contributed by atoms with Crippen molar-refractivity contribution in [3.8, 4) is 0 Å². The monoisotopic (exact) mass is 265 g/mol. The summed E-state index contributed by atoms with van der Waals surface area (Å²) in [6.07, 6.45) is 2.63. The lowest BCUT2D eigenvalue weighted by atomic mass is 10.0. The van der Waals surface area contributed by atoms with Crippen LogP contribution < -0.4 is 10.4 Å². The summed E-state index contributed by atoms with van der Waals surface area (Å²) in [7, 11) is -0.557. The van der Waals surface area contributed by atoms with E-state index in [9.17, 15) is 0 Å². The van der Waals surface area contributed by atoms with Gasteiger partial charge in [0.05, 0.1) is 0 Å². The van der Waals surface area contributed by atoms with Crippen molar-refractivity contribution in [3.63, 3.8) is 0 Å². The molecule has 0 saturated carbocycles. The van der Waals surface area contributed by atoms with Gasteiger partial charge in [0.2, 0.25) is 0 Å². The summed E-state index contributed by atoms with van der Waals surface area (Å²) in [6, 6.07) is 19.6. The second kappa shape index (κ2) is 5.34. The van der Waals surface area contributed by atoms with Crippen LogP contribution in [0.1, 0.15) is 37.3 Å². The fourth-order valence-electron chi connectivity index (χ4n) is 3.18. The molecule has 2 aromatic carbocycles. The molecule has 3 rings (SSSR count). The predicted octanol–water partition coefficient (Wildman–Crippen LogP) is 3.37. The SMILES string of the molecule is CC(C)c1ccccc1[Si]1CCCc2ccccc21. The molecule has 1 radical (unpaired) electrons. The Balaban J connectivity index is 2.09. The lowest BCUT2D eigenvalue weighted by molar-refractivity contribution is 0.869. The zero-order valence-corrected chi connectivity index (χ0v) is 12.8. The van der Waals surface area contributed by atoms with E-state index in [4.69, 9.17) is 0 Å². The maximum atomic E-state index is 2.38. The van der Waals surface area contributed by atoms with E-state index in [2.05, 4.69) is 62.4 Å². The number of rotatable bonds is 2. The third-order valence-corrected chi connectivity index (χ3v) is 7.22. The molecular formula is C18H21Si. The first-order valence-corrected chi connectivity index (χ1v) is 9.01. The molecule has 0 atom stereocenters. The molecule has 2 aromatic rings. The normalized spacial score (nSPS) is 15.5. The van der Waals surface area contributed by atoms with E-state index in [1.54, 1.807) is 21.5 Å². The third-order valence-electron chi connectivity index (χ3n) is 4.12. The van der Waals surface area contributed by atoms with Gasteiger partial charge in [0.25, 0.3) is 0 Å². The standard InChI is InChI=1S/C18H21Si/c1-14(2)16-10-4-6-12-18(16)19-13-7-9-15-8-3-5-11-17(15)19/h3-6,8,10-12,14H,7,9,13H2,1-2H3. The van der Waals surface area contributed by atoms with Crippen molar-refractivity contribution in [3.05, 3.63) is 59.7 Å². The molecule has 0 aromatic heterocycles.